The molecule has 1 saturated heterocycles. The number of allylic oxidation sites excluding steroid dienone is 2. The van der Waals surface area contributed by atoms with Crippen LogP contribution in [0, 0.1) is 6.92 Å². The average Bonchev–Trinajstić information content (AvgIpc) is 3.13. The number of aliphatic hydroxyl groups excluding tert-OH is 2. The lowest BCUT2D eigenvalue weighted by molar-refractivity contribution is -0.236. The number of amides is 1. The molecule has 0 saturated carbocycles. The van der Waals surface area contributed by atoms with Crippen LogP contribution in [0.15, 0.2) is 48.4 Å². The average molecular weight is 760 g/mol. The smallest absolute Gasteiger partial charge is 0.259 e. The van der Waals surface area contributed by atoms with Crippen molar-refractivity contribution in [2.45, 2.75) is 68.2 Å². The maximum absolute atomic E-state index is 14.8. The summed E-state index contributed by atoms with van der Waals surface area (Å²) in [7, 11) is 3.59. The third-order valence-corrected chi connectivity index (χ3v) is 10.9. The Bertz CT molecular complexity index is 2220. The van der Waals surface area contributed by atoms with Crippen molar-refractivity contribution >= 4 is 34.7 Å². The number of fused-ring (bicyclic) bond motifs is 5. The second-order valence-electron chi connectivity index (χ2n) is 13.8. The third kappa shape index (κ3) is 5.19. The van der Waals surface area contributed by atoms with Gasteiger partial charge in [-0.05, 0) is 43.2 Å². The number of nitrogens with zero attached hydrogens (tertiary/aromatic N) is 1. The lowest BCUT2D eigenvalue weighted by atomic mass is 9.56. The topological polar surface area (TPSA) is 260 Å². The predicted molar refractivity (Wildman–Crippen MR) is 187 cm³/mol. The van der Waals surface area contributed by atoms with Gasteiger partial charge in [0.25, 0.3) is 5.91 Å². The van der Waals surface area contributed by atoms with Gasteiger partial charge in [0.05, 0.1) is 46.5 Å². The predicted octanol–water partition coefficient (Wildman–Crippen LogP) is 0.611. The number of hydrogen-bond acceptors (Lipinski definition) is 16. The van der Waals surface area contributed by atoms with E-state index in [0.29, 0.717) is 0 Å². The molecular formula is C38H37N3O14. The van der Waals surface area contributed by atoms with Gasteiger partial charge in [0.15, 0.2) is 23.2 Å². The molecule has 0 spiro atoms. The first-order valence-electron chi connectivity index (χ1n) is 17.1. The first kappa shape index (κ1) is 37.9. The largest absolute Gasteiger partial charge is 0.507 e. The van der Waals surface area contributed by atoms with Crippen LogP contribution in [0.2, 0.25) is 0 Å². The lowest BCUT2D eigenvalue weighted by Gasteiger charge is -2.53. The molecule has 17 heteroatoms. The first-order chi connectivity index (χ1) is 26.1. The number of pyridine rings is 1. The zero-order valence-corrected chi connectivity index (χ0v) is 30.1. The third-order valence-electron chi connectivity index (χ3n) is 10.9. The quantitative estimate of drug-likeness (QED) is 0.174. The number of anilines is 1. The Kier molecular flexibility index (Phi) is 9.24. The molecule has 0 bridgehead atoms. The Hall–Kier alpha value is -5.40. The zero-order chi connectivity index (χ0) is 39.9. The number of aromatic hydroxyl groups is 2. The number of hydrogen-bond donors (Lipinski definition) is 7. The highest BCUT2D eigenvalue weighted by atomic mass is 16.6. The molecule has 288 valence electrons. The number of methoxy groups -OCH3 is 3. The SMILES string of the molecule is CO[C@@H]1[C@@H](O)[C@@H](OC)[C@@H](NC2=CC(=O)c3c(cc4c(c3O)C(=O)[C@]3(OC)[C@H](O)Cc5cc(C)c(C(=O)Nc6cccnc6)c(O)c5[C@]3(O)C4=O)C2=O)O[C@H]1C. The number of carbonyl (C=O) groups excluding carboxylic acids is 5. The highest BCUT2D eigenvalue weighted by Crippen LogP contribution is 2.56. The van der Waals surface area contributed by atoms with E-state index in [0.717, 1.165) is 19.3 Å². The molecule has 1 amide bonds. The summed E-state index contributed by atoms with van der Waals surface area (Å²) >= 11 is 0. The van der Waals surface area contributed by atoms with Crippen LogP contribution in [-0.4, -0.2) is 123 Å². The summed E-state index contributed by atoms with van der Waals surface area (Å²) in [6.45, 7) is 3.09. The van der Waals surface area contributed by atoms with Crippen LogP contribution in [0.5, 0.6) is 11.5 Å². The van der Waals surface area contributed by atoms with E-state index in [1.165, 1.54) is 45.7 Å². The van der Waals surface area contributed by atoms with E-state index in [9.17, 15) is 49.5 Å². The molecule has 0 radical (unpaired) electrons. The number of phenolic OH excluding ortho intramolecular Hbond substituents is 2. The van der Waals surface area contributed by atoms with Gasteiger partial charge in [-0.15, -0.1) is 0 Å². The van der Waals surface area contributed by atoms with Crippen LogP contribution in [-0.2, 0) is 31.0 Å². The van der Waals surface area contributed by atoms with Crippen LogP contribution in [0.1, 0.15) is 75.4 Å². The molecule has 3 aromatic rings. The number of benzene rings is 2. The van der Waals surface area contributed by atoms with E-state index in [1.54, 1.807) is 13.0 Å². The molecule has 7 N–H and O–H groups in total. The van der Waals surface area contributed by atoms with Gasteiger partial charge in [0.2, 0.25) is 17.3 Å². The van der Waals surface area contributed by atoms with Crippen LogP contribution < -0.4 is 10.6 Å². The number of ketones is 4. The molecule has 17 nitrogen and oxygen atoms in total. The highest BCUT2D eigenvalue weighted by Gasteiger charge is 2.72. The minimum atomic E-state index is -3.26. The fourth-order valence-corrected chi connectivity index (χ4v) is 8.41. The Morgan fingerprint density at radius 1 is 0.982 bits per heavy atom. The van der Waals surface area contributed by atoms with E-state index in [2.05, 4.69) is 15.6 Å². The van der Waals surface area contributed by atoms with Gasteiger partial charge in [-0.2, -0.15) is 0 Å². The van der Waals surface area contributed by atoms with Crippen molar-refractivity contribution < 1.29 is 68.5 Å². The second-order valence-corrected chi connectivity index (χ2v) is 13.8. The molecule has 7 rings (SSSR count). The standard InChI is InChI=1S/C38H37N3O14/c1-14-9-16-10-22(43)38(54-5)34(49)25-19(33(48)37(38,51)26(16)29(46)23(14)35(50)40-17-7-6-8-39-13-17)11-18-24(28(25)45)21(42)12-20(27(18)44)41-36-32(53-4)30(47)31(52-3)15(2)55-36/h6-9,11-13,15,22,30-32,36,41,43,45-47,51H,10H2,1-5H3,(H,40,50)/t15-,22+,30+,31-,32+,36-,37-,38+/m0/s1. The van der Waals surface area contributed by atoms with Gasteiger partial charge in [-0.3, -0.25) is 29.0 Å². The summed E-state index contributed by atoms with van der Waals surface area (Å²) in [6, 6.07) is 5.31. The molecular weight excluding hydrogens is 722 g/mol. The number of aliphatic hydroxyl groups is 3. The van der Waals surface area contributed by atoms with Crippen molar-refractivity contribution in [3.05, 3.63) is 92.9 Å². The Morgan fingerprint density at radius 3 is 2.33 bits per heavy atom. The van der Waals surface area contributed by atoms with Crippen molar-refractivity contribution in [3.8, 4) is 11.5 Å². The van der Waals surface area contributed by atoms with Gasteiger partial charge < -0.3 is 55.1 Å². The normalized spacial score (nSPS) is 29.8. The summed E-state index contributed by atoms with van der Waals surface area (Å²) in [5, 5.41) is 63.8. The van der Waals surface area contributed by atoms with E-state index >= 15 is 0 Å². The second kappa shape index (κ2) is 13.4. The molecule has 3 aliphatic carbocycles. The van der Waals surface area contributed by atoms with E-state index in [-0.39, 0.29) is 28.1 Å². The summed E-state index contributed by atoms with van der Waals surface area (Å²) in [5.74, 6) is -7.50. The highest BCUT2D eigenvalue weighted by molar-refractivity contribution is 6.31. The van der Waals surface area contributed by atoms with Crippen molar-refractivity contribution in [1.29, 1.82) is 0 Å². The fraction of sp³-hybridized carbons (Fsp3) is 0.368. The molecule has 2 heterocycles. The number of ether oxygens (including phenoxy) is 4. The maximum atomic E-state index is 14.8. The number of phenols is 2. The van der Waals surface area contributed by atoms with Crippen LogP contribution in [0.3, 0.4) is 0 Å². The number of nitrogens with one attached hydrogen (secondary N) is 2. The van der Waals surface area contributed by atoms with Crippen molar-refractivity contribution in [1.82, 2.24) is 10.3 Å². The fourth-order valence-electron chi connectivity index (χ4n) is 8.41. The van der Waals surface area contributed by atoms with E-state index in [1.807, 2.05) is 0 Å². The van der Waals surface area contributed by atoms with Gasteiger partial charge in [-0.25, -0.2) is 0 Å². The van der Waals surface area contributed by atoms with Crippen LogP contribution in [0.25, 0.3) is 0 Å². The Balaban J connectivity index is 1.35. The molecule has 1 fully saturated rings. The Morgan fingerprint density at radius 2 is 1.69 bits per heavy atom. The van der Waals surface area contributed by atoms with Gasteiger partial charge in [0.1, 0.15) is 29.8 Å². The maximum Gasteiger partial charge on any atom is 0.259 e. The number of aromatic nitrogens is 1. The van der Waals surface area contributed by atoms with Crippen molar-refractivity contribution in [2.75, 3.05) is 26.6 Å². The van der Waals surface area contributed by atoms with Gasteiger partial charge >= 0.3 is 0 Å². The summed E-state index contributed by atoms with van der Waals surface area (Å²) in [5.41, 5.74) is -9.87. The number of carbonyl (C=O) groups is 5. The van der Waals surface area contributed by atoms with E-state index < -0.39 is 123 Å². The Labute approximate surface area is 312 Å². The monoisotopic (exact) mass is 759 g/mol. The van der Waals surface area contributed by atoms with Crippen molar-refractivity contribution in [3.63, 3.8) is 0 Å². The lowest BCUT2D eigenvalue weighted by Crippen LogP contribution is -2.73. The summed E-state index contributed by atoms with van der Waals surface area (Å²) in [4.78, 5) is 74.6. The summed E-state index contributed by atoms with van der Waals surface area (Å²) in [6.07, 6.45) is -3.80. The molecule has 1 aromatic heterocycles. The molecule has 4 aliphatic rings. The summed E-state index contributed by atoms with van der Waals surface area (Å²) < 4.78 is 22.2. The molecule has 1 aliphatic heterocycles. The van der Waals surface area contributed by atoms with Gasteiger partial charge in [-0.1, -0.05) is 6.07 Å². The molecule has 8 atom stereocenters. The zero-order valence-electron chi connectivity index (χ0n) is 30.1. The molecule has 0 unspecified atom stereocenters. The number of aryl methyl sites for hydroxylation is 1. The number of rotatable bonds is 7. The van der Waals surface area contributed by atoms with E-state index in [4.69, 9.17) is 18.9 Å². The van der Waals surface area contributed by atoms with Crippen molar-refractivity contribution in [2.24, 2.45) is 0 Å². The molecule has 2 aromatic carbocycles. The molecule has 55 heavy (non-hydrogen) atoms. The number of Topliss-reactive ketones (excluding diaryl/α,β-unsaturated/α-hetero) is 3. The minimum Gasteiger partial charge on any atom is -0.507 e. The van der Waals surface area contributed by atoms with Gasteiger partial charge in [0, 0.05) is 56.7 Å². The first-order valence-corrected chi connectivity index (χ1v) is 17.1. The van der Waals surface area contributed by atoms with Crippen LogP contribution >= 0.6 is 0 Å². The minimum absolute atomic E-state index is 0.00429. The van der Waals surface area contributed by atoms with Crippen LogP contribution in [0.4, 0.5) is 5.69 Å².